The standard InChI is InChI=1S/C12H20N2S2/c1-2-5-14-11(12-4-3-6-15-12)7-10-8-13-9-16-10/h8-9,11-12,14H,2-7H2,1H3. The summed E-state index contributed by atoms with van der Waals surface area (Å²) in [5, 5.41) is 4.52. The third-order valence-electron chi connectivity index (χ3n) is 2.97. The van der Waals surface area contributed by atoms with Crippen molar-refractivity contribution in [2.45, 2.75) is 43.9 Å². The Morgan fingerprint density at radius 1 is 1.62 bits per heavy atom. The van der Waals surface area contributed by atoms with Crippen LogP contribution in [0.25, 0.3) is 0 Å². The predicted molar refractivity (Wildman–Crippen MR) is 73.4 cm³/mol. The van der Waals surface area contributed by atoms with Gasteiger partial charge in [-0.1, -0.05) is 6.92 Å². The van der Waals surface area contributed by atoms with Crippen molar-refractivity contribution in [3.63, 3.8) is 0 Å². The van der Waals surface area contributed by atoms with Crippen molar-refractivity contribution in [1.29, 1.82) is 0 Å². The van der Waals surface area contributed by atoms with Crippen molar-refractivity contribution in [3.05, 3.63) is 16.6 Å². The van der Waals surface area contributed by atoms with Crippen molar-refractivity contribution in [2.75, 3.05) is 12.3 Å². The van der Waals surface area contributed by atoms with E-state index in [0.29, 0.717) is 6.04 Å². The first-order valence-electron chi connectivity index (χ1n) is 6.12. The summed E-state index contributed by atoms with van der Waals surface area (Å²) in [7, 11) is 0. The van der Waals surface area contributed by atoms with Gasteiger partial charge in [0.05, 0.1) is 5.51 Å². The second-order valence-electron chi connectivity index (χ2n) is 4.28. The molecule has 1 aromatic rings. The van der Waals surface area contributed by atoms with Gasteiger partial charge in [-0.25, -0.2) is 0 Å². The highest BCUT2D eigenvalue weighted by molar-refractivity contribution is 8.00. The van der Waals surface area contributed by atoms with Crippen LogP contribution in [0.1, 0.15) is 31.1 Å². The highest BCUT2D eigenvalue weighted by Gasteiger charge is 2.25. The van der Waals surface area contributed by atoms with E-state index in [9.17, 15) is 0 Å². The molecule has 90 valence electrons. The molecule has 1 N–H and O–H groups in total. The fourth-order valence-corrected chi connectivity index (χ4v) is 4.19. The topological polar surface area (TPSA) is 24.9 Å². The van der Waals surface area contributed by atoms with E-state index in [1.54, 1.807) is 11.3 Å². The molecule has 0 amide bonds. The normalized spacial score (nSPS) is 22.4. The molecule has 16 heavy (non-hydrogen) atoms. The first kappa shape index (κ1) is 12.4. The summed E-state index contributed by atoms with van der Waals surface area (Å²) in [4.78, 5) is 5.58. The molecule has 2 rings (SSSR count). The van der Waals surface area contributed by atoms with Gasteiger partial charge in [-0.2, -0.15) is 11.8 Å². The highest BCUT2D eigenvalue weighted by Crippen LogP contribution is 2.30. The second kappa shape index (κ2) is 6.62. The second-order valence-corrected chi connectivity index (χ2v) is 6.60. The zero-order valence-corrected chi connectivity index (χ0v) is 11.4. The summed E-state index contributed by atoms with van der Waals surface area (Å²) in [6.45, 7) is 3.37. The Bertz CT molecular complexity index is 281. The lowest BCUT2D eigenvalue weighted by Gasteiger charge is -2.23. The minimum Gasteiger partial charge on any atom is -0.313 e. The van der Waals surface area contributed by atoms with Crippen LogP contribution in [-0.2, 0) is 6.42 Å². The molecular formula is C12H20N2S2. The Labute approximate surface area is 106 Å². The van der Waals surface area contributed by atoms with Crippen LogP contribution < -0.4 is 5.32 Å². The van der Waals surface area contributed by atoms with Crippen molar-refractivity contribution in [1.82, 2.24) is 10.3 Å². The smallest absolute Gasteiger partial charge is 0.0794 e. The van der Waals surface area contributed by atoms with E-state index in [0.717, 1.165) is 18.2 Å². The summed E-state index contributed by atoms with van der Waals surface area (Å²) < 4.78 is 0. The molecule has 1 aromatic heterocycles. The minimum atomic E-state index is 0.646. The molecule has 2 nitrogen and oxygen atoms in total. The molecule has 1 aliphatic rings. The van der Waals surface area contributed by atoms with Crippen LogP contribution in [0.3, 0.4) is 0 Å². The average Bonchev–Trinajstić information content (AvgIpc) is 2.96. The van der Waals surface area contributed by atoms with Crippen LogP contribution >= 0.6 is 23.1 Å². The van der Waals surface area contributed by atoms with E-state index in [1.807, 2.05) is 11.7 Å². The monoisotopic (exact) mass is 256 g/mol. The fourth-order valence-electron chi connectivity index (χ4n) is 2.14. The van der Waals surface area contributed by atoms with E-state index in [-0.39, 0.29) is 0 Å². The number of thioether (sulfide) groups is 1. The molecule has 0 aliphatic carbocycles. The zero-order chi connectivity index (χ0) is 11.2. The van der Waals surface area contributed by atoms with Gasteiger partial charge in [-0.3, -0.25) is 4.98 Å². The number of thiazole rings is 1. The third-order valence-corrected chi connectivity index (χ3v) is 5.29. The summed E-state index contributed by atoms with van der Waals surface area (Å²) in [6, 6.07) is 0.646. The SMILES string of the molecule is CCCNC(Cc1cncs1)C1CCCS1. The molecule has 1 fully saturated rings. The van der Waals surface area contributed by atoms with Crippen LogP contribution in [0, 0.1) is 0 Å². The Balaban J connectivity index is 1.90. The molecular weight excluding hydrogens is 236 g/mol. The van der Waals surface area contributed by atoms with Crippen LogP contribution in [0.15, 0.2) is 11.7 Å². The molecule has 2 heterocycles. The van der Waals surface area contributed by atoms with Crippen molar-refractivity contribution in [3.8, 4) is 0 Å². The number of rotatable bonds is 6. The Morgan fingerprint density at radius 3 is 3.19 bits per heavy atom. The van der Waals surface area contributed by atoms with Crippen molar-refractivity contribution in [2.24, 2.45) is 0 Å². The van der Waals surface area contributed by atoms with Gasteiger partial charge in [0, 0.05) is 22.4 Å². The summed E-state index contributed by atoms with van der Waals surface area (Å²) in [5.41, 5.74) is 1.94. The first-order chi connectivity index (χ1) is 7.90. The van der Waals surface area contributed by atoms with Gasteiger partial charge >= 0.3 is 0 Å². The molecule has 0 radical (unpaired) electrons. The van der Waals surface area contributed by atoms with Gasteiger partial charge in [-0.15, -0.1) is 11.3 Å². The molecule has 0 spiro atoms. The molecule has 0 bridgehead atoms. The molecule has 1 aliphatic heterocycles. The Morgan fingerprint density at radius 2 is 2.56 bits per heavy atom. The Hall–Kier alpha value is -0.0600. The third kappa shape index (κ3) is 3.47. The fraction of sp³-hybridized carbons (Fsp3) is 0.750. The molecule has 1 saturated heterocycles. The Kier molecular flexibility index (Phi) is 5.13. The predicted octanol–water partition coefficient (Wildman–Crippen LogP) is 2.95. The van der Waals surface area contributed by atoms with E-state index in [2.05, 4.69) is 29.0 Å². The lowest BCUT2D eigenvalue weighted by Crippen LogP contribution is -2.39. The van der Waals surface area contributed by atoms with Gasteiger partial charge in [0.2, 0.25) is 0 Å². The van der Waals surface area contributed by atoms with Crippen LogP contribution in [-0.4, -0.2) is 28.6 Å². The largest absolute Gasteiger partial charge is 0.313 e. The summed E-state index contributed by atoms with van der Waals surface area (Å²) in [5.74, 6) is 1.34. The number of nitrogens with one attached hydrogen (secondary N) is 1. The lowest BCUT2D eigenvalue weighted by atomic mass is 10.1. The summed E-state index contributed by atoms with van der Waals surface area (Å²) in [6.07, 6.45) is 7.16. The van der Waals surface area contributed by atoms with Crippen LogP contribution in [0.5, 0.6) is 0 Å². The zero-order valence-electron chi connectivity index (χ0n) is 9.82. The van der Waals surface area contributed by atoms with E-state index in [4.69, 9.17) is 0 Å². The van der Waals surface area contributed by atoms with E-state index in [1.165, 1.54) is 29.9 Å². The highest BCUT2D eigenvalue weighted by atomic mass is 32.2. The van der Waals surface area contributed by atoms with Crippen LogP contribution in [0.4, 0.5) is 0 Å². The van der Waals surface area contributed by atoms with E-state index >= 15 is 0 Å². The molecule has 2 unspecified atom stereocenters. The lowest BCUT2D eigenvalue weighted by molar-refractivity contribution is 0.484. The van der Waals surface area contributed by atoms with Gasteiger partial charge in [0.1, 0.15) is 0 Å². The number of hydrogen-bond donors (Lipinski definition) is 1. The average molecular weight is 256 g/mol. The number of hydrogen-bond acceptors (Lipinski definition) is 4. The molecule has 2 atom stereocenters. The maximum Gasteiger partial charge on any atom is 0.0794 e. The molecule has 0 aromatic carbocycles. The first-order valence-corrected chi connectivity index (χ1v) is 8.05. The van der Waals surface area contributed by atoms with Gasteiger partial charge in [0.15, 0.2) is 0 Å². The maximum absolute atomic E-state index is 4.17. The molecule has 0 saturated carbocycles. The van der Waals surface area contributed by atoms with Gasteiger partial charge in [-0.05, 0) is 38.0 Å². The van der Waals surface area contributed by atoms with Gasteiger partial charge < -0.3 is 5.32 Å². The quantitative estimate of drug-likeness (QED) is 0.847. The minimum absolute atomic E-state index is 0.646. The molecule has 4 heteroatoms. The van der Waals surface area contributed by atoms with Gasteiger partial charge in [0.25, 0.3) is 0 Å². The van der Waals surface area contributed by atoms with Crippen molar-refractivity contribution < 1.29 is 0 Å². The van der Waals surface area contributed by atoms with Crippen LogP contribution in [0.2, 0.25) is 0 Å². The number of aromatic nitrogens is 1. The number of nitrogens with zero attached hydrogens (tertiary/aromatic N) is 1. The van der Waals surface area contributed by atoms with E-state index < -0.39 is 0 Å². The summed E-state index contributed by atoms with van der Waals surface area (Å²) >= 11 is 3.93. The maximum atomic E-state index is 4.17. The van der Waals surface area contributed by atoms with Crippen molar-refractivity contribution >= 4 is 23.1 Å².